The molecule has 0 aromatic carbocycles. The third-order valence-corrected chi connectivity index (χ3v) is 21.7. The van der Waals surface area contributed by atoms with E-state index < -0.39 is 177 Å². The number of hydrogen-bond acceptors (Lipinski definition) is 23. The number of allylic oxidation sites excluding steroid dienone is 2. The Labute approximate surface area is 459 Å². The van der Waals surface area contributed by atoms with Crippen LogP contribution in [0.5, 0.6) is 0 Å². The van der Waals surface area contributed by atoms with Crippen LogP contribution in [-0.2, 0) is 47.5 Å². The maximum absolute atomic E-state index is 13.4. The van der Waals surface area contributed by atoms with Crippen LogP contribution in [0.4, 0.5) is 0 Å². The Bertz CT molecular complexity index is 2230. The number of carboxylic acid groups (broad SMARTS) is 1. The molecular weight excluding hydrogens is 1040 g/mol. The summed E-state index contributed by atoms with van der Waals surface area (Å²) < 4.78 is 48.7. The fraction of sp³-hybridized carbons (Fsp3) is 0.927. The van der Waals surface area contributed by atoms with E-state index in [1.807, 2.05) is 0 Å². The van der Waals surface area contributed by atoms with Crippen molar-refractivity contribution in [1.29, 1.82) is 0 Å². The molecule has 0 amide bonds. The number of carboxylic acids is 1. The fourth-order valence-electron chi connectivity index (χ4n) is 17.2. The van der Waals surface area contributed by atoms with Gasteiger partial charge in [0.15, 0.2) is 31.3 Å². The molecular formula is C55H88O24. The first-order valence-electron chi connectivity index (χ1n) is 28.2. The minimum atomic E-state index is -2.22. The van der Waals surface area contributed by atoms with E-state index in [-0.39, 0.29) is 46.4 Å². The van der Waals surface area contributed by atoms with Crippen LogP contribution in [0.15, 0.2) is 11.6 Å². The zero-order valence-corrected chi connectivity index (χ0v) is 46.3. The van der Waals surface area contributed by atoms with Gasteiger partial charge in [0.1, 0.15) is 91.2 Å². The summed E-state index contributed by atoms with van der Waals surface area (Å²) in [5.74, 6) is -2.41. The van der Waals surface area contributed by atoms with E-state index in [4.69, 9.17) is 37.9 Å². The summed E-state index contributed by atoms with van der Waals surface area (Å²) in [6.45, 7) is 14.2. The van der Waals surface area contributed by atoms with Crippen molar-refractivity contribution < 1.29 is 119 Å². The molecule has 0 aromatic rings. The SMILES string of the molecule is CC(=O)C1CC(C)(C)CC2C3=CCC4C5(C)CCC(OC6OC(C(=O)O)C(O)C(OC7OCC(O)C(O)C7OC7OC(CO)C(O)C(O)C7O)C6OC6OC(CO)C(O)C(O)C6O)C(C)(C)C5CCC4(C)C3(C)CC(O)C12CO. The second-order valence-electron chi connectivity index (χ2n) is 26.8. The average molecular weight is 1130 g/mol. The molecule has 0 aromatic heterocycles. The molecule has 9 rings (SSSR count). The van der Waals surface area contributed by atoms with E-state index in [0.717, 1.165) is 6.42 Å². The molecule has 452 valence electrons. The molecule has 29 unspecified atom stereocenters. The third-order valence-electron chi connectivity index (χ3n) is 21.7. The lowest BCUT2D eigenvalue weighted by Crippen LogP contribution is -2.69. The second kappa shape index (κ2) is 22.1. The van der Waals surface area contributed by atoms with Crippen molar-refractivity contribution in [3.05, 3.63) is 11.6 Å². The van der Waals surface area contributed by atoms with Crippen molar-refractivity contribution in [3.63, 3.8) is 0 Å². The summed E-state index contributed by atoms with van der Waals surface area (Å²) in [5, 5.41) is 153. The van der Waals surface area contributed by atoms with Crippen LogP contribution < -0.4 is 0 Å². The molecule has 24 nitrogen and oxygen atoms in total. The topological polar surface area (TPSA) is 391 Å². The Balaban J connectivity index is 1.04. The number of aliphatic hydroxyl groups is 13. The van der Waals surface area contributed by atoms with E-state index >= 15 is 0 Å². The highest BCUT2D eigenvalue weighted by Gasteiger charge is 2.72. The Morgan fingerprint density at radius 2 is 1.20 bits per heavy atom. The molecule has 4 heterocycles. The number of aliphatic hydroxyl groups excluding tert-OH is 13. The van der Waals surface area contributed by atoms with Crippen molar-refractivity contribution in [1.82, 2.24) is 0 Å². The molecule has 0 radical (unpaired) electrons. The fourth-order valence-corrected chi connectivity index (χ4v) is 17.2. The summed E-state index contributed by atoms with van der Waals surface area (Å²) in [6, 6.07) is 0. The molecule has 8 fully saturated rings. The summed E-state index contributed by atoms with van der Waals surface area (Å²) in [6.07, 6.45) is -30.5. The van der Waals surface area contributed by atoms with Crippen LogP contribution in [-0.4, -0.2) is 239 Å². The molecule has 79 heavy (non-hydrogen) atoms. The molecule has 4 saturated heterocycles. The number of ketones is 1. The number of carbonyl (C=O) groups excluding carboxylic acids is 1. The maximum Gasteiger partial charge on any atom is 0.335 e. The molecule has 14 N–H and O–H groups in total. The van der Waals surface area contributed by atoms with E-state index in [1.165, 1.54) is 5.57 Å². The highest BCUT2D eigenvalue weighted by molar-refractivity contribution is 5.80. The predicted molar refractivity (Wildman–Crippen MR) is 268 cm³/mol. The molecule has 9 aliphatic rings. The normalized spacial score (nSPS) is 53.3. The minimum Gasteiger partial charge on any atom is -0.479 e. The number of rotatable bonds is 13. The van der Waals surface area contributed by atoms with Gasteiger partial charge in [0.05, 0.1) is 38.6 Å². The van der Waals surface area contributed by atoms with Crippen LogP contribution in [0.25, 0.3) is 0 Å². The van der Waals surface area contributed by atoms with Gasteiger partial charge < -0.3 is 109 Å². The van der Waals surface area contributed by atoms with E-state index in [2.05, 4.69) is 54.5 Å². The molecule has 5 aliphatic carbocycles. The number of hydrogen-bond donors (Lipinski definition) is 14. The van der Waals surface area contributed by atoms with Gasteiger partial charge >= 0.3 is 5.97 Å². The monoisotopic (exact) mass is 1130 g/mol. The molecule has 4 saturated carbocycles. The Morgan fingerprint density at radius 1 is 0.620 bits per heavy atom. The highest BCUT2D eigenvalue weighted by atomic mass is 16.8. The Hall–Kier alpha value is -1.96. The summed E-state index contributed by atoms with van der Waals surface area (Å²) in [5.41, 5.74) is -1.94. The highest BCUT2D eigenvalue weighted by Crippen LogP contribution is 2.76. The van der Waals surface area contributed by atoms with E-state index in [0.29, 0.717) is 44.9 Å². The summed E-state index contributed by atoms with van der Waals surface area (Å²) in [7, 11) is 0. The average Bonchev–Trinajstić information content (AvgIpc) is 2.50. The van der Waals surface area contributed by atoms with Crippen molar-refractivity contribution in [3.8, 4) is 0 Å². The third kappa shape index (κ3) is 9.92. The molecule has 0 spiro atoms. The second-order valence-corrected chi connectivity index (χ2v) is 26.8. The zero-order valence-electron chi connectivity index (χ0n) is 46.3. The Morgan fingerprint density at radius 3 is 1.76 bits per heavy atom. The van der Waals surface area contributed by atoms with Crippen molar-refractivity contribution in [2.45, 2.75) is 236 Å². The van der Waals surface area contributed by atoms with Crippen LogP contribution in [0.1, 0.15) is 107 Å². The van der Waals surface area contributed by atoms with E-state index in [9.17, 15) is 81.1 Å². The van der Waals surface area contributed by atoms with Crippen LogP contribution >= 0.6 is 0 Å². The zero-order chi connectivity index (χ0) is 58.0. The van der Waals surface area contributed by atoms with Gasteiger partial charge in [-0.2, -0.15) is 0 Å². The molecule has 24 heteroatoms. The van der Waals surface area contributed by atoms with Crippen LogP contribution in [0.3, 0.4) is 0 Å². The van der Waals surface area contributed by atoms with Gasteiger partial charge in [0, 0.05) is 11.3 Å². The lowest BCUT2D eigenvalue weighted by Gasteiger charge is -2.72. The molecule has 29 atom stereocenters. The van der Waals surface area contributed by atoms with E-state index in [1.54, 1.807) is 6.92 Å². The first kappa shape index (κ1) is 61.6. The Kier molecular flexibility index (Phi) is 17.3. The quantitative estimate of drug-likeness (QED) is 0.0697. The molecule has 0 bridgehead atoms. The number of fused-ring (bicyclic) bond motifs is 7. The predicted octanol–water partition coefficient (Wildman–Crippen LogP) is -2.04. The van der Waals surface area contributed by atoms with Gasteiger partial charge in [0.25, 0.3) is 0 Å². The van der Waals surface area contributed by atoms with Gasteiger partial charge in [-0.1, -0.05) is 60.1 Å². The lowest BCUT2D eigenvalue weighted by atomic mass is 9.32. The van der Waals surface area contributed by atoms with Crippen molar-refractivity contribution in [2.24, 2.45) is 56.2 Å². The molecule has 4 aliphatic heterocycles. The number of aliphatic carboxylic acids is 1. The standard InChI is InChI=1S/C55H88O24/c1-22(59)24-15-50(2,3)16-25-23-9-10-30-52(6)13-12-32(51(4,5)29(52)11-14-53(30,7)54(23,8)17-31(61)55(24,25)21-58)75-49-44(79-47-39(68)37(66)35(64)28(19-57)74-47)41(40(69)42(77-49)45(70)71)76-48-43(33(62)26(60)20-72-48)78-46-38(67)36(65)34(63)27(18-56)73-46/h9,24-44,46-49,56-58,60-69H,10-21H2,1-8H3,(H,70,71). The number of ether oxygens (including phenoxy) is 8. The first-order chi connectivity index (χ1) is 36.9. The first-order valence-corrected chi connectivity index (χ1v) is 28.2. The van der Waals surface area contributed by atoms with Crippen LogP contribution in [0.2, 0.25) is 0 Å². The lowest BCUT2D eigenvalue weighted by molar-refractivity contribution is -0.401. The van der Waals surface area contributed by atoms with Gasteiger partial charge in [-0.3, -0.25) is 4.79 Å². The number of carbonyl (C=O) groups is 2. The van der Waals surface area contributed by atoms with Gasteiger partial charge in [-0.15, -0.1) is 0 Å². The smallest absolute Gasteiger partial charge is 0.335 e. The van der Waals surface area contributed by atoms with Gasteiger partial charge in [0.2, 0.25) is 0 Å². The number of Topliss-reactive ketones (excluding diaryl/α,β-unsaturated/α-hetero) is 1. The van der Waals surface area contributed by atoms with Gasteiger partial charge in [-0.05, 0) is 103 Å². The summed E-state index contributed by atoms with van der Waals surface area (Å²) in [4.78, 5) is 26.6. The van der Waals surface area contributed by atoms with Gasteiger partial charge in [-0.25, -0.2) is 4.79 Å². The minimum absolute atomic E-state index is 0.0283. The van der Waals surface area contributed by atoms with Crippen LogP contribution in [0, 0.1) is 56.2 Å². The summed E-state index contributed by atoms with van der Waals surface area (Å²) >= 11 is 0. The largest absolute Gasteiger partial charge is 0.479 e. The van der Waals surface area contributed by atoms with Crippen molar-refractivity contribution in [2.75, 3.05) is 26.4 Å². The van der Waals surface area contributed by atoms with Crippen molar-refractivity contribution >= 4 is 11.8 Å². The maximum atomic E-state index is 13.4.